The molecule has 1 heterocycles. The number of halogens is 1. The Labute approximate surface area is 179 Å². The zero-order valence-electron chi connectivity index (χ0n) is 16.6. The van der Waals surface area contributed by atoms with Crippen molar-refractivity contribution in [3.05, 3.63) is 52.5 Å². The molecule has 1 aliphatic rings. The number of amides is 1. The van der Waals surface area contributed by atoms with Gasteiger partial charge in [0.05, 0.1) is 24.6 Å². The van der Waals surface area contributed by atoms with Crippen LogP contribution < -0.4 is 14.4 Å². The van der Waals surface area contributed by atoms with Gasteiger partial charge in [0.15, 0.2) is 6.10 Å². The standard InChI is InChI=1S/C20H21ClN2O6S/c1-12-14(20(25)28-2)5-4-6-15(12)22-19(24)18-9-10-23(30(3,26)27)16-11-13(21)7-8-17(16)29-18/h4-8,11,18H,9-10H2,1-3H3,(H,22,24)/t18-/m0/s1. The first-order valence-corrected chi connectivity index (χ1v) is 11.3. The Morgan fingerprint density at radius 1 is 1.27 bits per heavy atom. The average molecular weight is 453 g/mol. The largest absolute Gasteiger partial charge is 0.478 e. The van der Waals surface area contributed by atoms with Crippen molar-refractivity contribution in [3.63, 3.8) is 0 Å². The summed E-state index contributed by atoms with van der Waals surface area (Å²) in [6.07, 6.45) is 0.263. The number of anilines is 2. The number of hydrogen-bond acceptors (Lipinski definition) is 6. The van der Waals surface area contributed by atoms with Crippen molar-refractivity contribution in [2.75, 3.05) is 29.5 Å². The molecule has 0 aromatic heterocycles. The number of carbonyl (C=O) groups excluding carboxylic acids is 2. The first-order valence-electron chi connectivity index (χ1n) is 9.04. The van der Waals surface area contributed by atoms with E-state index in [2.05, 4.69) is 5.32 Å². The van der Waals surface area contributed by atoms with Crippen LogP contribution in [-0.4, -0.2) is 46.3 Å². The van der Waals surface area contributed by atoms with Gasteiger partial charge in [0.2, 0.25) is 10.0 Å². The summed E-state index contributed by atoms with van der Waals surface area (Å²) < 4.78 is 36.2. The highest BCUT2D eigenvalue weighted by Gasteiger charge is 2.31. The number of rotatable bonds is 4. The second-order valence-corrected chi connectivity index (χ2v) is 9.14. The van der Waals surface area contributed by atoms with Crippen molar-refractivity contribution in [1.82, 2.24) is 0 Å². The molecule has 2 aromatic rings. The molecule has 8 nitrogen and oxygen atoms in total. The van der Waals surface area contributed by atoms with E-state index in [1.807, 2.05) is 0 Å². The first-order chi connectivity index (χ1) is 14.1. The molecule has 0 saturated carbocycles. The second kappa shape index (κ2) is 8.53. The van der Waals surface area contributed by atoms with Crippen molar-refractivity contribution in [3.8, 4) is 5.75 Å². The van der Waals surface area contributed by atoms with Crippen molar-refractivity contribution in [1.29, 1.82) is 0 Å². The summed E-state index contributed by atoms with van der Waals surface area (Å²) in [6.45, 7) is 1.74. The lowest BCUT2D eigenvalue weighted by molar-refractivity contribution is -0.122. The lowest BCUT2D eigenvalue weighted by Gasteiger charge is -2.21. The van der Waals surface area contributed by atoms with Gasteiger partial charge in [0, 0.05) is 23.7 Å². The van der Waals surface area contributed by atoms with Crippen LogP contribution in [0.15, 0.2) is 36.4 Å². The van der Waals surface area contributed by atoms with Gasteiger partial charge in [0.25, 0.3) is 5.91 Å². The van der Waals surface area contributed by atoms with Crippen LogP contribution in [0.3, 0.4) is 0 Å². The van der Waals surface area contributed by atoms with Crippen LogP contribution >= 0.6 is 11.6 Å². The van der Waals surface area contributed by atoms with Crippen molar-refractivity contribution in [2.24, 2.45) is 0 Å². The highest BCUT2D eigenvalue weighted by atomic mass is 35.5. The van der Waals surface area contributed by atoms with Gasteiger partial charge in [-0.2, -0.15) is 0 Å². The zero-order valence-corrected chi connectivity index (χ0v) is 18.2. The molecule has 0 unspecified atom stereocenters. The Balaban J connectivity index is 1.88. The van der Waals surface area contributed by atoms with Gasteiger partial charge in [-0.05, 0) is 42.8 Å². The molecule has 2 aromatic carbocycles. The summed E-state index contributed by atoms with van der Waals surface area (Å²) >= 11 is 6.03. The van der Waals surface area contributed by atoms with Gasteiger partial charge in [-0.3, -0.25) is 9.10 Å². The van der Waals surface area contributed by atoms with Crippen molar-refractivity contribution < 1.29 is 27.5 Å². The lowest BCUT2D eigenvalue weighted by Crippen LogP contribution is -2.36. The molecule has 10 heteroatoms. The molecule has 0 bridgehead atoms. The first kappa shape index (κ1) is 21.9. The fourth-order valence-electron chi connectivity index (χ4n) is 3.20. The maximum Gasteiger partial charge on any atom is 0.338 e. The summed E-state index contributed by atoms with van der Waals surface area (Å²) in [6, 6.07) is 9.47. The van der Waals surface area contributed by atoms with Gasteiger partial charge in [0.1, 0.15) is 5.75 Å². The Kier molecular flexibility index (Phi) is 6.23. The van der Waals surface area contributed by atoms with Gasteiger partial charge in [-0.15, -0.1) is 0 Å². The molecule has 1 amide bonds. The number of ether oxygens (including phenoxy) is 2. The van der Waals surface area contributed by atoms with Crippen LogP contribution in [0, 0.1) is 6.92 Å². The SMILES string of the molecule is COC(=O)c1cccc(NC(=O)[C@@H]2CCN(S(C)(=O)=O)c3cc(Cl)ccc3O2)c1C. The van der Waals surface area contributed by atoms with E-state index in [4.69, 9.17) is 21.1 Å². The lowest BCUT2D eigenvalue weighted by atomic mass is 10.1. The minimum Gasteiger partial charge on any atom is -0.478 e. The Morgan fingerprint density at radius 2 is 2.00 bits per heavy atom. The number of hydrogen-bond donors (Lipinski definition) is 1. The molecule has 0 radical (unpaired) electrons. The number of esters is 1. The zero-order chi connectivity index (χ0) is 22.1. The van der Waals surface area contributed by atoms with E-state index in [1.165, 1.54) is 23.5 Å². The van der Waals surface area contributed by atoms with Crippen LogP contribution in [0.1, 0.15) is 22.3 Å². The quantitative estimate of drug-likeness (QED) is 0.715. The summed E-state index contributed by atoms with van der Waals surface area (Å²) in [5, 5.41) is 3.11. The minimum absolute atomic E-state index is 0.0471. The van der Waals surface area contributed by atoms with Crippen LogP contribution in [0.5, 0.6) is 5.75 Å². The Hall–Kier alpha value is -2.78. The highest BCUT2D eigenvalue weighted by molar-refractivity contribution is 7.92. The molecular formula is C20H21ClN2O6S. The van der Waals surface area contributed by atoms with E-state index in [9.17, 15) is 18.0 Å². The molecule has 0 aliphatic carbocycles. The van der Waals surface area contributed by atoms with Gasteiger partial charge in [-0.25, -0.2) is 13.2 Å². The van der Waals surface area contributed by atoms with Crippen LogP contribution in [0.25, 0.3) is 0 Å². The fraction of sp³-hybridized carbons (Fsp3) is 0.300. The molecule has 1 aliphatic heterocycles. The predicted molar refractivity (Wildman–Crippen MR) is 114 cm³/mol. The van der Waals surface area contributed by atoms with E-state index in [0.717, 1.165) is 6.26 Å². The monoisotopic (exact) mass is 452 g/mol. The van der Waals surface area contributed by atoms with Crippen molar-refractivity contribution >= 4 is 44.9 Å². The van der Waals surface area contributed by atoms with E-state index in [1.54, 1.807) is 31.2 Å². The Bertz CT molecular complexity index is 1100. The van der Waals surface area contributed by atoms with Crippen LogP contribution in [0.4, 0.5) is 11.4 Å². The fourth-order valence-corrected chi connectivity index (χ4v) is 4.30. The summed E-state index contributed by atoms with van der Waals surface area (Å²) in [5.41, 5.74) is 1.60. The summed E-state index contributed by atoms with van der Waals surface area (Å²) in [7, 11) is -2.32. The topological polar surface area (TPSA) is 102 Å². The minimum atomic E-state index is -3.60. The Morgan fingerprint density at radius 3 is 2.67 bits per heavy atom. The predicted octanol–water partition coefficient (Wildman–Crippen LogP) is 2.99. The average Bonchev–Trinajstić information content (AvgIpc) is 2.88. The molecular weight excluding hydrogens is 432 g/mol. The molecule has 0 fully saturated rings. The number of carbonyl (C=O) groups is 2. The number of benzene rings is 2. The smallest absolute Gasteiger partial charge is 0.338 e. The number of methoxy groups -OCH3 is 1. The van der Waals surface area contributed by atoms with Crippen LogP contribution in [0.2, 0.25) is 5.02 Å². The maximum atomic E-state index is 12.9. The highest BCUT2D eigenvalue weighted by Crippen LogP contribution is 2.36. The van der Waals surface area contributed by atoms with E-state index in [-0.39, 0.29) is 24.4 Å². The van der Waals surface area contributed by atoms with E-state index in [0.29, 0.717) is 21.8 Å². The van der Waals surface area contributed by atoms with E-state index >= 15 is 0 Å². The molecule has 1 atom stereocenters. The normalized spacial score (nSPS) is 16.1. The maximum absolute atomic E-state index is 12.9. The molecule has 30 heavy (non-hydrogen) atoms. The second-order valence-electron chi connectivity index (χ2n) is 6.80. The number of fused-ring (bicyclic) bond motifs is 1. The third-order valence-corrected chi connectivity index (χ3v) is 6.16. The summed E-state index contributed by atoms with van der Waals surface area (Å²) in [5.74, 6) is -0.734. The molecule has 0 saturated heterocycles. The van der Waals surface area contributed by atoms with Gasteiger partial charge >= 0.3 is 5.97 Å². The van der Waals surface area contributed by atoms with Crippen LogP contribution in [-0.2, 0) is 19.6 Å². The molecule has 1 N–H and O–H groups in total. The number of nitrogens with one attached hydrogen (secondary N) is 1. The van der Waals surface area contributed by atoms with Gasteiger partial charge < -0.3 is 14.8 Å². The summed E-state index contributed by atoms with van der Waals surface area (Å²) in [4.78, 5) is 24.8. The third kappa shape index (κ3) is 4.52. The molecule has 0 spiro atoms. The molecule has 3 rings (SSSR count). The number of nitrogens with zero attached hydrogens (tertiary/aromatic N) is 1. The molecule has 160 valence electrons. The van der Waals surface area contributed by atoms with Gasteiger partial charge in [-0.1, -0.05) is 17.7 Å². The van der Waals surface area contributed by atoms with E-state index < -0.39 is 28.0 Å². The number of sulfonamides is 1. The van der Waals surface area contributed by atoms with Crippen molar-refractivity contribution in [2.45, 2.75) is 19.4 Å². The third-order valence-electron chi connectivity index (χ3n) is 4.74.